The zero-order valence-electron chi connectivity index (χ0n) is 17.1. The highest BCUT2D eigenvalue weighted by Crippen LogP contribution is 2.30. The highest BCUT2D eigenvalue weighted by atomic mass is 16.2. The molecule has 1 saturated heterocycles. The monoisotopic (exact) mass is 397 g/mol. The Bertz CT molecular complexity index is 879. The molecule has 154 valence electrons. The first-order valence-corrected chi connectivity index (χ1v) is 10.5. The third kappa shape index (κ3) is 3.83. The number of hydrogen-bond donors (Lipinski definition) is 2. The van der Waals surface area contributed by atoms with Crippen LogP contribution in [0.15, 0.2) is 18.2 Å². The molecule has 4 rings (SSSR count). The van der Waals surface area contributed by atoms with E-state index in [2.05, 4.69) is 28.5 Å². The van der Waals surface area contributed by atoms with Crippen molar-refractivity contribution < 1.29 is 19.0 Å². The van der Waals surface area contributed by atoms with Gasteiger partial charge in [0.15, 0.2) is 0 Å². The molecule has 1 saturated carbocycles. The highest BCUT2D eigenvalue weighted by molar-refractivity contribution is 6.05. The second kappa shape index (κ2) is 8.06. The van der Waals surface area contributed by atoms with Gasteiger partial charge in [0, 0.05) is 36.7 Å². The number of rotatable bonds is 4. The molecule has 29 heavy (non-hydrogen) atoms. The number of imide groups is 1. The van der Waals surface area contributed by atoms with E-state index >= 15 is 0 Å². The molecule has 3 atom stereocenters. The number of benzene rings is 1. The Balaban J connectivity index is 1.53. The molecule has 2 aliphatic heterocycles. The minimum absolute atomic E-state index is 0.129. The number of nitrogens with one attached hydrogen (secondary N) is 2. The quantitative estimate of drug-likeness (QED) is 0.459. The van der Waals surface area contributed by atoms with Gasteiger partial charge in [-0.1, -0.05) is 12.8 Å². The molecule has 7 heteroatoms. The van der Waals surface area contributed by atoms with Crippen molar-refractivity contribution in [2.24, 2.45) is 5.92 Å². The van der Waals surface area contributed by atoms with Gasteiger partial charge in [0.2, 0.25) is 17.5 Å². The van der Waals surface area contributed by atoms with Crippen LogP contribution in [0.1, 0.15) is 54.4 Å². The molecule has 2 N–H and O–H groups in total. The lowest BCUT2D eigenvalue weighted by Crippen LogP contribution is -2.52. The fourth-order valence-electron chi connectivity index (χ4n) is 4.85. The van der Waals surface area contributed by atoms with Crippen molar-refractivity contribution >= 4 is 29.6 Å². The van der Waals surface area contributed by atoms with Gasteiger partial charge in [-0.2, -0.15) is 0 Å². The molecular formula is C22H29N4O3+. The van der Waals surface area contributed by atoms with Crippen LogP contribution in [-0.4, -0.2) is 59.6 Å². The van der Waals surface area contributed by atoms with Gasteiger partial charge in [-0.3, -0.25) is 19.7 Å². The summed E-state index contributed by atoms with van der Waals surface area (Å²) in [5.74, 6) is -0.273. The predicted octanol–water partition coefficient (Wildman–Crippen LogP) is 1.57. The maximum atomic E-state index is 12.8. The van der Waals surface area contributed by atoms with Crippen LogP contribution in [0, 0.1) is 5.92 Å². The van der Waals surface area contributed by atoms with E-state index in [0.717, 1.165) is 11.3 Å². The van der Waals surface area contributed by atoms with E-state index in [-0.39, 0.29) is 24.1 Å². The Hall–Kier alpha value is -2.54. The summed E-state index contributed by atoms with van der Waals surface area (Å²) in [4.78, 5) is 38.0. The lowest BCUT2D eigenvalue weighted by Gasteiger charge is -2.29. The molecule has 3 amide bonds. The van der Waals surface area contributed by atoms with Gasteiger partial charge < -0.3 is 10.2 Å². The van der Waals surface area contributed by atoms with E-state index in [0.29, 0.717) is 30.5 Å². The largest absolute Gasteiger partial charge is 0.322 e. The predicted molar refractivity (Wildman–Crippen MR) is 109 cm³/mol. The number of amides is 3. The van der Waals surface area contributed by atoms with Crippen molar-refractivity contribution in [1.82, 2.24) is 15.5 Å². The number of fused-ring (bicyclic) bond motifs is 1. The van der Waals surface area contributed by atoms with E-state index in [1.165, 1.54) is 25.7 Å². The standard InChI is InChI=1S/C22H28N4O3/c1-23-18-6-4-3-5-14(18)12-25(2)16-7-8-17-15(11-16)13-26(22(17)29)19-9-10-20(27)24-21(19)28/h7-8,11-12,14,18-19,23H,3-6,9-10,13H2,1-2H3/p+1/t14?,18-,19?/m0/s1. The van der Waals surface area contributed by atoms with Crippen LogP contribution in [0.25, 0.3) is 0 Å². The van der Waals surface area contributed by atoms with E-state index in [4.69, 9.17) is 0 Å². The van der Waals surface area contributed by atoms with Gasteiger partial charge in [-0.15, -0.1) is 0 Å². The summed E-state index contributed by atoms with van der Waals surface area (Å²) in [6.45, 7) is 0.407. The van der Waals surface area contributed by atoms with Gasteiger partial charge in [-0.05, 0) is 37.9 Å². The molecule has 2 unspecified atom stereocenters. The average molecular weight is 397 g/mol. The SMILES string of the molecule is CN[C@H]1CCCCC1C=[N+](C)c1ccc2c(c1)CN(C1CCC(=O)NC1=O)C2=O. The highest BCUT2D eigenvalue weighted by Gasteiger charge is 2.39. The first-order valence-electron chi connectivity index (χ1n) is 10.5. The van der Waals surface area contributed by atoms with Crippen molar-refractivity contribution in [3.8, 4) is 0 Å². The van der Waals surface area contributed by atoms with Crippen molar-refractivity contribution in [3.63, 3.8) is 0 Å². The molecule has 0 aromatic heterocycles. The Labute approximate surface area is 171 Å². The Morgan fingerprint density at radius 2 is 1.97 bits per heavy atom. The summed E-state index contributed by atoms with van der Waals surface area (Å²) in [7, 11) is 4.08. The third-order valence-electron chi connectivity index (χ3n) is 6.52. The van der Waals surface area contributed by atoms with Crippen LogP contribution in [0.5, 0.6) is 0 Å². The third-order valence-corrected chi connectivity index (χ3v) is 6.52. The Morgan fingerprint density at radius 3 is 2.72 bits per heavy atom. The van der Waals surface area contributed by atoms with Crippen LogP contribution in [0.2, 0.25) is 0 Å². The number of nitrogens with zero attached hydrogens (tertiary/aromatic N) is 2. The Morgan fingerprint density at radius 1 is 1.17 bits per heavy atom. The molecule has 3 aliphatic rings. The van der Waals surface area contributed by atoms with Crippen molar-refractivity contribution in [2.75, 3.05) is 14.1 Å². The second-order valence-corrected chi connectivity index (χ2v) is 8.34. The average Bonchev–Trinajstić information content (AvgIpc) is 3.04. The van der Waals surface area contributed by atoms with Crippen molar-refractivity contribution in [2.45, 2.75) is 57.2 Å². The fraction of sp³-hybridized carbons (Fsp3) is 0.545. The van der Waals surface area contributed by atoms with Crippen molar-refractivity contribution in [1.29, 1.82) is 0 Å². The lowest BCUT2D eigenvalue weighted by atomic mass is 9.85. The lowest BCUT2D eigenvalue weighted by molar-refractivity contribution is -0.402. The molecule has 2 heterocycles. The van der Waals surface area contributed by atoms with E-state index in [1.54, 1.807) is 4.90 Å². The van der Waals surface area contributed by atoms with Gasteiger partial charge in [-0.25, -0.2) is 4.58 Å². The molecular weight excluding hydrogens is 368 g/mol. The van der Waals surface area contributed by atoms with Crippen LogP contribution in [0.3, 0.4) is 0 Å². The van der Waals surface area contributed by atoms with E-state index < -0.39 is 6.04 Å². The molecule has 1 aromatic carbocycles. The summed E-state index contributed by atoms with van der Waals surface area (Å²) < 4.78 is 2.15. The van der Waals surface area contributed by atoms with E-state index in [9.17, 15) is 14.4 Å². The first kappa shape index (κ1) is 19.8. The summed E-state index contributed by atoms with van der Waals surface area (Å²) in [5, 5.41) is 5.78. The minimum Gasteiger partial charge on any atom is -0.322 e. The maximum absolute atomic E-state index is 12.8. The zero-order chi connectivity index (χ0) is 20.5. The summed E-state index contributed by atoms with van der Waals surface area (Å²) in [5.41, 5.74) is 2.63. The molecule has 0 radical (unpaired) electrons. The molecule has 7 nitrogen and oxygen atoms in total. The van der Waals surface area contributed by atoms with Gasteiger partial charge >= 0.3 is 0 Å². The van der Waals surface area contributed by atoms with Crippen LogP contribution >= 0.6 is 0 Å². The Kier molecular flexibility index (Phi) is 5.50. The minimum atomic E-state index is -0.570. The number of carbonyl (C=O) groups is 3. The normalized spacial score (nSPS) is 27.8. The number of carbonyl (C=O) groups excluding carboxylic acids is 3. The maximum Gasteiger partial charge on any atom is 0.255 e. The van der Waals surface area contributed by atoms with Crippen LogP contribution in [-0.2, 0) is 16.1 Å². The second-order valence-electron chi connectivity index (χ2n) is 8.34. The topological polar surface area (TPSA) is 81.5 Å². The molecule has 1 aliphatic carbocycles. The first-order chi connectivity index (χ1) is 14.0. The van der Waals surface area contributed by atoms with Crippen LogP contribution < -0.4 is 10.6 Å². The summed E-state index contributed by atoms with van der Waals surface area (Å²) in [6.07, 6.45) is 7.86. The number of hydrogen-bond acceptors (Lipinski definition) is 4. The zero-order valence-corrected chi connectivity index (χ0v) is 17.1. The number of piperidine rings is 1. The molecule has 2 fully saturated rings. The fourth-order valence-corrected chi connectivity index (χ4v) is 4.85. The molecule has 0 spiro atoms. The van der Waals surface area contributed by atoms with Gasteiger partial charge in [0.25, 0.3) is 5.91 Å². The molecule has 0 bridgehead atoms. The van der Waals surface area contributed by atoms with Crippen molar-refractivity contribution in [3.05, 3.63) is 29.3 Å². The van der Waals surface area contributed by atoms with Gasteiger partial charge in [0.1, 0.15) is 19.3 Å². The molecule has 1 aromatic rings. The van der Waals surface area contributed by atoms with Gasteiger partial charge in [0.05, 0.1) is 5.92 Å². The smallest absolute Gasteiger partial charge is 0.255 e. The summed E-state index contributed by atoms with van der Waals surface area (Å²) in [6, 6.07) is 5.81. The van der Waals surface area contributed by atoms with E-state index in [1.807, 2.05) is 25.2 Å². The van der Waals surface area contributed by atoms with Crippen LogP contribution in [0.4, 0.5) is 5.69 Å². The summed E-state index contributed by atoms with van der Waals surface area (Å²) >= 11 is 0.